The molecule has 6 atom stereocenters. The van der Waals surface area contributed by atoms with Crippen molar-refractivity contribution in [2.45, 2.75) is 84.5 Å². The highest BCUT2D eigenvalue weighted by Gasteiger charge is 2.68. The number of amides is 2. The zero-order valence-electron chi connectivity index (χ0n) is 18.1. The minimum Gasteiger partial charge on any atom is -0.404 e. The molecule has 1 aliphatic heterocycles. The smallest absolute Gasteiger partial charge is 0.404 e. The Kier molecular flexibility index (Phi) is 5.87. The van der Waals surface area contributed by atoms with Gasteiger partial charge in [-0.2, -0.15) is 0 Å². The molecule has 0 aromatic rings. The largest absolute Gasteiger partial charge is 0.481 e. The Hall–Kier alpha value is -1.12. The van der Waals surface area contributed by atoms with Gasteiger partial charge in [-0.05, 0) is 49.4 Å². The Morgan fingerprint density at radius 2 is 1.93 bits per heavy atom. The fourth-order valence-electron chi connectivity index (χ4n) is 5.45. The van der Waals surface area contributed by atoms with Crippen LogP contribution in [0.2, 0.25) is 0 Å². The molecule has 4 fully saturated rings. The van der Waals surface area contributed by atoms with Gasteiger partial charge in [-0.25, -0.2) is 0 Å². The summed E-state index contributed by atoms with van der Waals surface area (Å²) in [6, 6.07) is -0.801. The maximum absolute atomic E-state index is 12.6. The van der Waals surface area contributed by atoms with E-state index in [1.807, 2.05) is 0 Å². The molecule has 8 heteroatoms. The third-order valence-electron chi connectivity index (χ3n) is 7.26. The van der Waals surface area contributed by atoms with Crippen LogP contribution in [0.5, 0.6) is 0 Å². The fourth-order valence-corrected chi connectivity index (χ4v) is 5.45. The van der Waals surface area contributed by atoms with Gasteiger partial charge in [-0.15, -0.1) is 0 Å². The molecule has 4 aliphatic rings. The van der Waals surface area contributed by atoms with Crippen LogP contribution in [0.25, 0.3) is 0 Å². The van der Waals surface area contributed by atoms with E-state index in [1.54, 1.807) is 0 Å². The second-order valence-electron chi connectivity index (χ2n) is 10.1. The third kappa shape index (κ3) is 3.83. The minimum absolute atomic E-state index is 0.0777. The average Bonchev–Trinajstić information content (AvgIpc) is 2.95. The molecule has 1 saturated heterocycles. The van der Waals surface area contributed by atoms with E-state index in [1.165, 1.54) is 13.3 Å². The van der Waals surface area contributed by atoms with Crippen LogP contribution < -0.4 is 16.4 Å². The highest BCUT2D eigenvalue weighted by molar-refractivity contribution is 6.47. The van der Waals surface area contributed by atoms with Gasteiger partial charge in [0.15, 0.2) is 0 Å². The molecule has 3 aliphatic carbocycles. The second kappa shape index (κ2) is 7.61. The molecule has 28 heavy (non-hydrogen) atoms. The van der Waals surface area contributed by atoms with Gasteiger partial charge in [0, 0.05) is 13.5 Å². The van der Waals surface area contributed by atoms with E-state index in [9.17, 15) is 9.59 Å². The molecule has 0 spiro atoms. The van der Waals surface area contributed by atoms with Crippen molar-refractivity contribution in [3.63, 3.8) is 0 Å². The lowest BCUT2D eigenvalue weighted by Gasteiger charge is -2.64. The van der Waals surface area contributed by atoms with E-state index in [0.717, 1.165) is 12.8 Å². The first-order valence-corrected chi connectivity index (χ1v) is 10.6. The van der Waals surface area contributed by atoms with E-state index in [-0.39, 0.29) is 41.4 Å². The first-order valence-electron chi connectivity index (χ1n) is 10.6. The summed E-state index contributed by atoms with van der Waals surface area (Å²) < 4.78 is 12.9. The molecule has 4 N–H and O–H groups in total. The summed E-state index contributed by atoms with van der Waals surface area (Å²) >= 11 is 0. The number of nitrogens with one attached hydrogen (secondary N) is 2. The molecular formula is C20H36BN3O4. The number of rotatable bonds is 7. The van der Waals surface area contributed by atoms with Crippen molar-refractivity contribution in [3.8, 4) is 0 Å². The fraction of sp³-hybridized carbons (Fsp3) is 0.900. The van der Waals surface area contributed by atoms with Crippen LogP contribution in [-0.2, 0) is 18.9 Å². The molecule has 158 valence electrons. The molecule has 4 rings (SSSR count). The number of carbonyl (C=O) groups is 2. The quantitative estimate of drug-likeness (QED) is 0.565. The Bertz CT molecular complexity index is 629. The molecule has 0 unspecified atom stereocenters. The summed E-state index contributed by atoms with van der Waals surface area (Å²) in [5.74, 6) is 0.760. The number of nitrogens with two attached hydrogens (primary N) is 1. The SMILES string of the molecule is CC(=O)NC[C@H](N)C(=O)N[C@@H](CC(C)C)B1O[C@@H]2C[C@H]3C[C@H](C3(C)C)[C@]2(C)O1. The highest BCUT2D eigenvalue weighted by atomic mass is 16.7. The third-order valence-corrected chi connectivity index (χ3v) is 7.26. The first-order chi connectivity index (χ1) is 12.9. The van der Waals surface area contributed by atoms with E-state index in [2.05, 4.69) is 45.3 Å². The number of hydrogen-bond acceptors (Lipinski definition) is 5. The molecule has 2 amide bonds. The maximum atomic E-state index is 12.6. The van der Waals surface area contributed by atoms with Crippen molar-refractivity contribution in [2.75, 3.05) is 6.54 Å². The van der Waals surface area contributed by atoms with Crippen molar-refractivity contribution in [1.29, 1.82) is 0 Å². The lowest BCUT2D eigenvalue weighted by atomic mass is 9.43. The van der Waals surface area contributed by atoms with Gasteiger partial charge in [-0.1, -0.05) is 27.7 Å². The van der Waals surface area contributed by atoms with Gasteiger partial charge in [0.05, 0.1) is 17.6 Å². The number of carbonyl (C=O) groups excluding carboxylic acids is 2. The van der Waals surface area contributed by atoms with Gasteiger partial charge in [0.2, 0.25) is 11.8 Å². The van der Waals surface area contributed by atoms with Crippen molar-refractivity contribution < 1.29 is 18.9 Å². The van der Waals surface area contributed by atoms with Crippen molar-refractivity contribution in [2.24, 2.45) is 28.9 Å². The van der Waals surface area contributed by atoms with Gasteiger partial charge in [-0.3, -0.25) is 9.59 Å². The number of hydrogen-bond donors (Lipinski definition) is 3. The van der Waals surface area contributed by atoms with Crippen LogP contribution in [0.15, 0.2) is 0 Å². The second-order valence-corrected chi connectivity index (χ2v) is 10.1. The van der Waals surface area contributed by atoms with Crippen molar-refractivity contribution in [3.05, 3.63) is 0 Å². The Morgan fingerprint density at radius 1 is 1.25 bits per heavy atom. The molecule has 0 aromatic heterocycles. The summed E-state index contributed by atoms with van der Waals surface area (Å²) in [7, 11) is -0.468. The van der Waals surface area contributed by atoms with Crippen molar-refractivity contribution >= 4 is 18.9 Å². The lowest BCUT2D eigenvalue weighted by molar-refractivity contribution is -0.199. The molecule has 1 heterocycles. The highest BCUT2D eigenvalue weighted by Crippen LogP contribution is 2.65. The van der Waals surface area contributed by atoms with E-state index in [0.29, 0.717) is 17.8 Å². The molecule has 3 saturated carbocycles. The first kappa shape index (κ1) is 21.6. The maximum Gasteiger partial charge on any atom is 0.481 e. The van der Waals surface area contributed by atoms with Crippen molar-refractivity contribution in [1.82, 2.24) is 10.6 Å². The molecule has 7 nitrogen and oxygen atoms in total. The topological polar surface area (TPSA) is 103 Å². The predicted octanol–water partition coefficient (Wildman–Crippen LogP) is 1.25. The molecule has 2 bridgehead atoms. The molecule has 0 aromatic carbocycles. The zero-order valence-corrected chi connectivity index (χ0v) is 18.1. The zero-order chi connectivity index (χ0) is 20.9. The van der Waals surface area contributed by atoms with Crippen LogP contribution in [0.3, 0.4) is 0 Å². The van der Waals surface area contributed by atoms with Crippen LogP contribution >= 0.6 is 0 Å². The Balaban J connectivity index is 1.68. The monoisotopic (exact) mass is 393 g/mol. The normalized spacial score (nSPS) is 35.0. The van der Waals surface area contributed by atoms with Gasteiger partial charge < -0.3 is 25.7 Å². The standard InChI is InChI=1S/C20H36BN3O4/c1-11(2)7-17(24-18(26)14(22)10-23-12(3)25)21-27-16-9-13-8-15(19(13,4)5)20(16,6)28-21/h11,13-17H,7-10,22H2,1-6H3,(H,23,25)(H,24,26)/t13-,14+,15-,16-,17+,20+/m1/s1. The molecular weight excluding hydrogens is 357 g/mol. The van der Waals surface area contributed by atoms with Gasteiger partial charge >= 0.3 is 7.12 Å². The van der Waals surface area contributed by atoms with Gasteiger partial charge in [0.1, 0.15) is 6.04 Å². The summed E-state index contributed by atoms with van der Waals surface area (Å²) in [4.78, 5) is 23.7. The van der Waals surface area contributed by atoms with E-state index in [4.69, 9.17) is 15.0 Å². The molecule has 0 radical (unpaired) electrons. The predicted molar refractivity (Wildman–Crippen MR) is 108 cm³/mol. The van der Waals surface area contributed by atoms with Crippen LogP contribution in [0.4, 0.5) is 0 Å². The summed E-state index contributed by atoms with van der Waals surface area (Å²) in [5, 5.41) is 5.61. The lowest BCUT2D eigenvalue weighted by Crippen LogP contribution is -2.65. The van der Waals surface area contributed by atoms with Crippen LogP contribution in [-0.4, -0.2) is 49.2 Å². The average molecular weight is 393 g/mol. The van der Waals surface area contributed by atoms with Crippen LogP contribution in [0.1, 0.15) is 60.8 Å². The Morgan fingerprint density at radius 3 is 2.50 bits per heavy atom. The van der Waals surface area contributed by atoms with Crippen LogP contribution in [0, 0.1) is 23.2 Å². The van der Waals surface area contributed by atoms with E-state index < -0.39 is 13.2 Å². The summed E-state index contributed by atoms with van der Waals surface area (Å²) in [6.07, 6.45) is 3.03. The summed E-state index contributed by atoms with van der Waals surface area (Å²) in [6.45, 7) is 12.6. The Labute approximate surface area is 169 Å². The minimum atomic E-state index is -0.801. The van der Waals surface area contributed by atoms with Gasteiger partial charge in [0.25, 0.3) is 0 Å². The summed E-state index contributed by atoms with van der Waals surface area (Å²) in [5.41, 5.74) is 5.92. The van der Waals surface area contributed by atoms with E-state index >= 15 is 0 Å².